The lowest BCUT2D eigenvalue weighted by atomic mass is 10.1. The molecule has 0 spiro atoms. The molecule has 2 aliphatic rings. The molecule has 38 heavy (non-hydrogen) atoms. The second kappa shape index (κ2) is 8.96. The summed E-state index contributed by atoms with van der Waals surface area (Å²) in [7, 11) is 1.56. The highest BCUT2D eigenvalue weighted by Crippen LogP contribution is 2.46. The van der Waals surface area contributed by atoms with Crippen molar-refractivity contribution < 1.29 is 22.7 Å². The maximum Gasteiger partial charge on any atom is 0.435 e. The van der Waals surface area contributed by atoms with Crippen LogP contribution in [0.1, 0.15) is 47.8 Å². The molecule has 1 fully saturated rings. The van der Waals surface area contributed by atoms with Gasteiger partial charge in [0, 0.05) is 24.1 Å². The van der Waals surface area contributed by atoms with E-state index in [-0.39, 0.29) is 12.5 Å². The number of nitrogens with zero attached hydrogens (tertiary/aromatic N) is 7. The van der Waals surface area contributed by atoms with E-state index in [1.807, 2.05) is 6.07 Å². The lowest BCUT2D eigenvalue weighted by Gasteiger charge is -2.27. The molecule has 4 aromatic rings. The van der Waals surface area contributed by atoms with Gasteiger partial charge in [-0.2, -0.15) is 23.4 Å². The third kappa shape index (κ3) is 4.29. The van der Waals surface area contributed by atoms with Crippen molar-refractivity contribution in [2.75, 3.05) is 12.0 Å². The van der Waals surface area contributed by atoms with E-state index in [0.717, 1.165) is 35.7 Å². The summed E-state index contributed by atoms with van der Waals surface area (Å²) in [6.07, 6.45) is -0.605. The minimum atomic E-state index is -4.51. The minimum Gasteiger partial charge on any atom is -0.480 e. The van der Waals surface area contributed by atoms with Gasteiger partial charge in [-0.15, -0.1) is 0 Å². The SMILES string of the molecule is COc1ncnc(C2CC2)c1-c1cc2n(n1)CCC(=O)N2Cc1ccc(-n2nc(C(F)(F)F)cc2C)cc1. The highest BCUT2D eigenvalue weighted by molar-refractivity contribution is 5.94. The number of carbonyl (C=O) groups excluding carboxylic acids is 1. The van der Waals surface area contributed by atoms with Crippen molar-refractivity contribution in [2.24, 2.45) is 0 Å². The molecule has 0 radical (unpaired) electrons. The van der Waals surface area contributed by atoms with Gasteiger partial charge in [-0.3, -0.25) is 9.69 Å². The Labute approximate surface area is 215 Å². The van der Waals surface area contributed by atoms with Crippen molar-refractivity contribution in [3.8, 4) is 22.8 Å². The van der Waals surface area contributed by atoms with Gasteiger partial charge in [0.05, 0.1) is 37.1 Å². The lowest BCUT2D eigenvalue weighted by molar-refractivity contribution is -0.141. The summed E-state index contributed by atoms with van der Waals surface area (Å²) >= 11 is 0. The van der Waals surface area contributed by atoms with E-state index in [2.05, 4.69) is 15.1 Å². The van der Waals surface area contributed by atoms with E-state index < -0.39 is 11.9 Å². The number of anilines is 1. The van der Waals surface area contributed by atoms with Crippen LogP contribution in [0, 0.1) is 6.92 Å². The second-order valence-corrected chi connectivity index (χ2v) is 9.51. The zero-order chi connectivity index (χ0) is 26.6. The Hall–Kier alpha value is -4.22. The third-order valence-corrected chi connectivity index (χ3v) is 6.83. The van der Waals surface area contributed by atoms with E-state index in [4.69, 9.17) is 9.84 Å². The number of carbonyl (C=O) groups is 1. The van der Waals surface area contributed by atoms with Crippen LogP contribution in [0.25, 0.3) is 16.9 Å². The van der Waals surface area contributed by atoms with Crippen LogP contribution in [-0.2, 0) is 24.1 Å². The van der Waals surface area contributed by atoms with E-state index in [9.17, 15) is 18.0 Å². The van der Waals surface area contributed by atoms with E-state index >= 15 is 0 Å². The Balaban J connectivity index is 1.29. The van der Waals surface area contributed by atoms with Gasteiger partial charge in [0.25, 0.3) is 0 Å². The van der Waals surface area contributed by atoms with Crippen LogP contribution in [-0.4, -0.2) is 42.5 Å². The number of hydrogen-bond donors (Lipinski definition) is 0. The van der Waals surface area contributed by atoms with Gasteiger partial charge in [0.2, 0.25) is 11.8 Å². The molecule has 0 atom stereocenters. The maximum absolute atomic E-state index is 13.1. The summed E-state index contributed by atoms with van der Waals surface area (Å²) in [6, 6.07) is 9.84. The zero-order valence-corrected chi connectivity index (χ0v) is 20.7. The Kier molecular flexibility index (Phi) is 5.69. The molecule has 6 rings (SSSR count). The van der Waals surface area contributed by atoms with Crippen LogP contribution in [0.15, 0.2) is 42.7 Å². The van der Waals surface area contributed by atoms with Crippen molar-refractivity contribution in [3.63, 3.8) is 0 Å². The van der Waals surface area contributed by atoms with Crippen LogP contribution < -0.4 is 9.64 Å². The maximum atomic E-state index is 13.1. The first-order valence-corrected chi connectivity index (χ1v) is 12.2. The first kappa shape index (κ1) is 24.1. The van der Waals surface area contributed by atoms with Gasteiger partial charge < -0.3 is 4.74 Å². The molecule has 9 nitrogen and oxygen atoms in total. The number of hydrogen-bond acceptors (Lipinski definition) is 6. The van der Waals surface area contributed by atoms with E-state index in [1.54, 1.807) is 47.9 Å². The van der Waals surface area contributed by atoms with Gasteiger partial charge in [-0.1, -0.05) is 12.1 Å². The Morgan fingerprint density at radius 1 is 1.08 bits per heavy atom. The van der Waals surface area contributed by atoms with Crippen LogP contribution in [0.5, 0.6) is 5.88 Å². The molecule has 1 saturated carbocycles. The van der Waals surface area contributed by atoms with Gasteiger partial charge in [0.15, 0.2) is 5.69 Å². The Morgan fingerprint density at radius 3 is 2.50 bits per heavy atom. The molecule has 12 heteroatoms. The zero-order valence-electron chi connectivity index (χ0n) is 20.7. The number of fused-ring (bicyclic) bond motifs is 1. The van der Waals surface area contributed by atoms with Gasteiger partial charge >= 0.3 is 6.18 Å². The first-order chi connectivity index (χ1) is 18.2. The van der Waals surface area contributed by atoms with E-state index in [0.29, 0.717) is 47.7 Å². The van der Waals surface area contributed by atoms with Crippen molar-refractivity contribution in [3.05, 3.63) is 65.4 Å². The average molecular weight is 524 g/mol. The number of rotatable bonds is 6. The van der Waals surface area contributed by atoms with Gasteiger partial charge in [0.1, 0.15) is 17.8 Å². The van der Waals surface area contributed by atoms with Crippen LogP contribution in [0.3, 0.4) is 0 Å². The second-order valence-electron chi connectivity index (χ2n) is 9.51. The van der Waals surface area contributed by atoms with Crippen molar-refractivity contribution in [1.82, 2.24) is 29.5 Å². The summed E-state index contributed by atoms with van der Waals surface area (Å²) in [5, 5.41) is 8.47. The number of benzene rings is 1. The molecule has 0 unspecified atom stereocenters. The molecule has 1 aromatic carbocycles. The monoisotopic (exact) mass is 523 g/mol. The standard InChI is InChI=1S/C26H24F3N7O2/c1-15-11-20(26(27,28)29)33-36(15)18-7-3-16(4-8-18)13-34-21-12-19(32-35(21)10-9-22(34)37)23-24(17-5-6-17)30-14-31-25(23)38-2/h3-4,7-8,11-12,14,17H,5-6,9-10,13H2,1-2H3. The average Bonchev–Trinajstić information content (AvgIpc) is 3.53. The smallest absolute Gasteiger partial charge is 0.435 e. The lowest BCUT2D eigenvalue weighted by Crippen LogP contribution is -2.36. The van der Waals surface area contributed by atoms with Crippen molar-refractivity contribution >= 4 is 11.7 Å². The molecular formula is C26H24F3N7O2. The highest BCUT2D eigenvalue weighted by Gasteiger charge is 2.35. The number of ether oxygens (including phenoxy) is 1. The fraction of sp³-hybridized carbons (Fsp3) is 0.346. The third-order valence-electron chi connectivity index (χ3n) is 6.83. The molecule has 0 bridgehead atoms. The van der Waals surface area contributed by atoms with Gasteiger partial charge in [-0.05, 0) is 43.5 Å². The largest absolute Gasteiger partial charge is 0.480 e. The number of aryl methyl sites for hydroxylation is 2. The van der Waals surface area contributed by atoms with Crippen molar-refractivity contribution in [2.45, 2.75) is 51.4 Å². The summed E-state index contributed by atoms with van der Waals surface area (Å²) in [6.45, 7) is 2.31. The molecule has 0 N–H and O–H groups in total. The number of methoxy groups -OCH3 is 1. The summed E-state index contributed by atoms with van der Waals surface area (Å²) in [4.78, 5) is 23.4. The van der Waals surface area contributed by atoms with E-state index in [1.165, 1.54) is 11.0 Å². The summed E-state index contributed by atoms with van der Waals surface area (Å²) < 4.78 is 47.8. The fourth-order valence-corrected chi connectivity index (χ4v) is 4.79. The molecule has 3 aromatic heterocycles. The highest BCUT2D eigenvalue weighted by atomic mass is 19.4. The quantitative estimate of drug-likeness (QED) is 0.365. The van der Waals surface area contributed by atoms with Crippen LogP contribution in [0.4, 0.5) is 19.0 Å². The Bertz CT molecular complexity index is 1520. The Morgan fingerprint density at radius 2 is 1.84 bits per heavy atom. The summed E-state index contributed by atoms with van der Waals surface area (Å²) in [5.41, 5.74) is 3.07. The predicted molar refractivity (Wildman–Crippen MR) is 131 cm³/mol. The van der Waals surface area contributed by atoms with Crippen molar-refractivity contribution in [1.29, 1.82) is 0 Å². The number of alkyl halides is 3. The summed E-state index contributed by atoms with van der Waals surface area (Å²) in [5.74, 6) is 1.42. The molecule has 196 valence electrons. The molecular weight excluding hydrogens is 499 g/mol. The molecule has 1 aliphatic heterocycles. The molecule has 1 amide bonds. The fourth-order valence-electron chi connectivity index (χ4n) is 4.79. The van der Waals surface area contributed by atoms with Crippen LogP contribution >= 0.6 is 0 Å². The minimum absolute atomic E-state index is 0.0375. The molecule has 1 aliphatic carbocycles. The van der Waals surface area contributed by atoms with Gasteiger partial charge in [-0.25, -0.2) is 19.3 Å². The van der Waals surface area contributed by atoms with Crippen LogP contribution in [0.2, 0.25) is 0 Å². The number of halogens is 3. The first-order valence-electron chi connectivity index (χ1n) is 12.2. The normalized spacial score (nSPS) is 15.6. The molecule has 0 saturated heterocycles. The number of aromatic nitrogens is 6. The topological polar surface area (TPSA) is 91.0 Å². The molecule has 4 heterocycles. The number of amides is 1. The predicted octanol–water partition coefficient (Wildman–Crippen LogP) is 4.68.